The average molecular weight is 266 g/mol. The molecule has 0 rings (SSSR count). The van der Waals surface area contributed by atoms with Gasteiger partial charge in [0.05, 0.1) is 0 Å². The summed E-state index contributed by atoms with van der Waals surface area (Å²) in [6.45, 7) is 4.54. The van der Waals surface area contributed by atoms with Crippen LogP contribution in [0.15, 0.2) is 0 Å². The molecule has 0 aromatic heterocycles. The van der Waals surface area contributed by atoms with E-state index in [2.05, 4.69) is 4.72 Å². The van der Waals surface area contributed by atoms with E-state index < -0.39 is 21.7 Å². The molecule has 1 atom stereocenters. The zero-order valence-electron chi connectivity index (χ0n) is 10.8. The van der Waals surface area contributed by atoms with Gasteiger partial charge >= 0.3 is 5.97 Å². The summed E-state index contributed by atoms with van der Waals surface area (Å²) in [5.41, 5.74) is 0. The van der Waals surface area contributed by atoms with Crippen molar-refractivity contribution in [3.05, 3.63) is 0 Å². The first-order chi connectivity index (χ1) is 7.62. The fourth-order valence-electron chi connectivity index (χ4n) is 1.63. The minimum atomic E-state index is -3.75. The summed E-state index contributed by atoms with van der Waals surface area (Å²) in [4.78, 5) is 12.3. The molecule has 0 heterocycles. The standard InChI is InChI=1S/C10H22N2O4S/c1-8(2)5-9(6-12(3)4)11-17(15,16)7-10(13)14/h8-9,11H,5-7H2,1-4H3,(H,13,14). The summed E-state index contributed by atoms with van der Waals surface area (Å²) in [6, 6.07) is -0.255. The molecule has 6 nitrogen and oxygen atoms in total. The molecular formula is C10H22N2O4S. The number of carbonyl (C=O) groups is 1. The van der Waals surface area contributed by atoms with Crippen molar-refractivity contribution in [3.63, 3.8) is 0 Å². The van der Waals surface area contributed by atoms with Gasteiger partial charge in [0.25, 0.3) is 0 Å². The van der Waals surface area contributed by atoms with Gasteiger partial charge in [-0.2, -0.15) is 0 Å². The molecule has 0 fully saturated rings. The van der Waals surface area contributed by atoms with Gasteiger partial charge in [-0.1, -0.05) is 13.8 Å². The molecule has 0 bridgehead atoms. The summed E-state index contributed by atoms with van der Waals surface area (Å²) < 4.78 is 25.4. The van der Waals surface area contributed by atoms with Crippen LogP contribution in [0, 0.1) is 5.92 Å². The zero-order chi connectivity index (χ0) is 13.6. The van der Waals surface area contributed by atoms with Gasteiger partial charge in [0.15, 0.2) is 5.75 Å². The Morgan fingerprint density at radius 3 is 2.24 bits per heavy atom. The smallest absolute Gasteiger partial charge is 0.320 e. The van der Waals surface area contributed by atoms with Crippen molar-refractivity contribution in [2.24, 2.45) is 5.92 Å². The Morgan fingerprint density at radius 2 is 1.88 bits per heavy atom. The number of sulfonamides is 1. The first-order valence-electron chi connectivity index (χ1n) is 5.49. The minimum absolute atomic E-state index is 0.255. The van der Waals surface area contributed by atoms with Crippen molar-refractivity contribution in [2.45, 2.75) is 26.3 Å². The van der Waals surface area contributed by atoms with E-state index in [0.29, 0.717) is 18.9 Å². The van der Waals surface area contributed by atoms with Crippen molar-refractivity contribution >= 4 is 16.0 Å². The van der Waals surface area contributed by atoms with Crippen LogP contribution < -0.4 is 4.72 Å². The van der Waals surface area contributed by atoms with Crippen LogP contribution in [-0.2, 0) is 14.8 Å². The lowest BCUT2D eigenvalue weighted by molar-refractivity contribution is -0.134. The number of rotatable bonds is 8. The Hall–Kier alpha value is -0.660. The SMILES string of the molecule is CC(C)CC(CN(C)C)NS(=O)(=O)CC(=O)O. The van der Waals surface area contributed by atoms with Crippen molar-refractivity contribution in [2.75, 3.05) is 26.4 Å². The van der Waals surface area contributed by atoms with Crippen LogP contribution in [0.3, 0.4) is 0 Å². The van der Waals surface area contributed by atoms with Crippen molar-refractivity contribution in [3.8, 4) is 0 Å². The molecule has 0 spiro atoms. The van der Waals surface area contributed by atoms with Gasteiger partial charge in [-0.25, -0.2) is 13.1 Å². The van der Waals surface area contributed by atoms with E-state index >= 15 is 0 Å². The monoisotopic (exact) mass is 266 g/mol. The lowest BCUT2D eigenvalue weighted by Crippen LogP contribution is -2.44. The average Bonchev–Trinajstić information content (AvgIpc) is 1.95. The molecule has 2 N–H and O–H groups in total. The maximum Gasteiger partial charge on any atom is 0.320 e. The number of aliphatic carboxylic acids is 1. The van der Waals surface area contributed by atoms with E-state index in [4.69, 9.17) is 5.11 Å². The molecular weight excluding hydrogens is 244 g/mol. The van der Waals surface area contributed by atoms with Crippen LogP contribution >= 0.6 is 0 Å². The predicted molar refractivity (Wildman–Crippen MR) is 66.4 cm³/mol. The van der Waals surface area contributed by atoms with Gasteiger partial charge < -0.3 is 10.0 Å². The number of carboxylic acid groups (broad SMARTS) is 1. The van der Waals surface area contributed by atoms with E-state index in [1.54, 1.807) is 0 Å². The quantitative estimate of drug-likeness (QED) is 0.644. The highest BCUT2D eigenvalue weighted by Crippen LogP contribution is 2.07. The minimum Gasteiger partial charge on any atom is -0.480 e. The van der Waals surface area contributed by atoms with Gasteiger partial charge in [0.2, 0.25) is 10.0 Å². The summed E-state index contributed by atoms with van der Waals surface area (Å²) in [7, 11) is -0.0554. The van der Waals surface area contributed by atoms with E-state index in [1.165, 1.54) is 0 Å². The van der Waals surface area contributed by atoms with Crippen LogP contribution in [0.5, 0.6) is 0 Å². The van der Waals surface area contributed by atoms with Crippen LogP contribution in [0.2, 0.25) is 0 Å². The number of likely N-dealkylation sites (N-methyl/N-ethyl adjacent to an activating group) is 1. The van der Waals surface area contributed by atoms with Gasteiger partial charge in [-0.15, -0.1) is 0 Å². The third-order valence-corrected chi connectivity index (χ3v) is 3.32. The van der Waals surface area contributed by atoms with Crippen LogP contribution in [0.25, 0.3) is 0 Å². The second-order valence-electron chi connectivity index (χ2n) is 4.86. The number of nitrogens with one attached hydrogen (secondary N) is 1. The highest BCUT2D eigenvalue weighted by atomic mass is 32.2. The Labute approximate surface area is 103 Å². The summed E-state index contributed by atoms with van der Waals surface area (Å²) >= 11 is 0. The number of hydrogen-bond acceptors (Lipinski definition) is 4. The molecule has 0 aliphatic heterocycles. The highest BCUT2D eigenvalue weighted by Gasteiger charge is 2.21. The maximum atomic E-state index is 11.5. The Morgan fingerprint density at radius 1 is 1.35 bits per heavy atom. The Bertz CT molecular complexity index is 328. The first kappa shape index (κ1) is 16.3. The molecule has 102 valence electrons. The van der Waals surface area contributed by atoms with Crippen molar-refractivity contribution < 1.29 is 18.3 Å². The molecule has 0 aromatic carbocycles. The summed E-state index contributed by atoms with van der Waals surface area (Å²) in [5, 5.41) is 8.50. The fourth-order valence-corrected chi connectivity index (χ4v) is 2.71. The first-order valence-corrected chi connectivity index (χ1v) is 7.14. The molecule has 0 saturated carbocycles. The lowest BCUT2D eigenvalue weighted by Gasteiger charge is -2.23. The molecule has 0 radical (unpaired) electrons. The molecule has 0 aromatic rings. The molecule has 0 aliphatic carbocycles. The molecule has 1 unspecified atom stereocenters. The van der Waals surface area contributed by atoms with Crippen molar-refractivity contribution in [1.29, 1.82) is 0 Å². The van der Waals surface area contributed by atoms with Crippen molar-refractivity contribution in [1.82, 2.24) is 9.62 Å². The van der Waals surface area contributed by atoms with E-state index in [9.17, 15) is 13.2 Å². The van der Waals surface area contributed by atoms with Gasteiger partial charge in [-0.05, 0) is 26.4 Å². The fraction of sp³-hybridized carbons (Fsp3) is 0.900. The van der Waals surface area contributed by atoms with Crippen LogP contribution in [-0.4, -0.2) is 56.8 Å². The molecule has 0 amide bonds. The van der Waals surface area contributed by atoms with Gasteiger partial charge in [0.1, 0.15) is 0 Å². The Balaban J connectivity index is 4.56. The topological polar surface area (TPSA) is 86.7 Å². The van der Waals surface area contributed by atoms with E-state index in [1.807, 2.05) is 32.8 Å². The van der Waals surface area contributed by atoms with Gasteiger partial charge in [0, 0.05) is 12.6 Å². The molecule has 7 heteroatoms. The van der Waals surface area contributed by atoms with E-state index in [-0.39, 0.29) is 6.04 Å². The van der Waals surface area contributed by atoms with Crippen LogP contribution in [0.4, 0.5) is 0 Å². The number of nitrogens with zero attached hydrogens (tertiary/aromatic N) is 1. The third kappa shape index (κ3) is 9.08. The second kappa shape index (κ2) is 6.93. The van der Waals surface area contributed by atoms with Gasteiger partial charge in [-0.3, -0.25) is 4.79 Å². The number of hydrogen-bond donors (Lipinski definition) is 2. The summed E-state index contributed by atoms with van der Waals surface area (Å²) in [5.74, 6) is -1.88. The largest absolute Gasteiger partial charge is 0.480 e. The third-order valence-electron chi connectivity index (χ3n) is 2.00. The van der Waals surface area contributed by atoms with Crippen LogP contribution in [0.1, 0.15) is 20.3 Å². The molecule has 0 saturated heterocycles. The zero-order valence-corrected chi connectivity index (χ0v) is 11.6. The molecule has 0 aliphatic rings. The normalized spacial score (nSPS) is 14.2. The summed E-state index contributed by atoms with van der Waals surface area (Å²) in [6.07, 6.45) is 0.678. The number of carboxylic acids is 1. The second-order valence-corrected chi connectivity index (χ2v) is 6.61. The molecule has 17 heavy (non-hydrogen) atoms. The maximum absolute atomic E-state index is 11.5. The predicted octanol–water partition coefficient (Wildman–Crippen LogP) is -0.0333. The lowest BCUT2D eigenvalue weighted by atomic mass is 10.0. The van der Waals surface area contributed by atoms with E-state index in [0.717, 1.165) is 0 Å². The Kier molecular flexibility index (Phi) is 6.66. The highest BCUT2D eigenvalue weighted by molar-refractivity contribution is 7.90.